The minimum Gasteiger partial charge on any atom is -0.481 e. The number of carbonyl (C=O) groups excluding carboxylic acids is 1. The summed E-state index contributed by atoms with van der Waals surface area (Å²) in [6.07, 6.45) is 3.58. The van der Waals surface area contributed by atoms with Gasteiger partial charge in [-0.2, -0.15) is 0 Å². The highest BCUT2D eigenvalue weighted by Crippen LogP contribution is 2.22. The molecule has 1 heterocycles. The van der Waals surface area contributed by atoms with Crippen molar-refractivity contribution in [1.29, 1.82) is 0 Å². The summed E-state index contributed by atoms with van der Waals surface area (Å²) in [4.78, 5) is 25.0. The van der Waals surface area contributed by atoms with E-state index in [0.29, 0.717) is 12.3 Å². The lowest BCUT2D eigenvalue weighted by molar-refractivity contribution is -0.141. The highest BCUT2D eigenvalue weighted by molar-refractivity contribution is 5.76. The molecule has 3 unspecified atom stereocenters. The molecule has 1 rings (SSSR count). The van der Waals surface area contributed by atoms with Gasteiger partial charge in [0.05, 0.1) is 5.92 Å². The van der Waals surface area contributed by atoms with Gasteiger partial charge >= 0.3 is 12.0 Å². The van der Waals surface area contributed by atoms with E-state index in [1.807, 2.05) is 11.8 Å². The summed E-state index contributed by atoms with van der Waals surface area (Å²) in [6.45, 7) is 7.15. The normalized spacial score (nSPS) is 24.9. The van der Waals surface area contributed by atoms with Gasteiger partial charge in [-0.1, -0.05) is 20.3 Å². The fraction of sp³-hybridized carbons (Fsp3) is 0.857. The molecule has 3 atom stereocenters. The first-order valence-electron chi connectivity index (χ1n) is 7.24. The van der Waals surface area contributed by atoms with Gasteiger partial charge in [-0.05, 0) is 32.1 Å². The molecule has 0 aromatic heterocycles. The van der Waals surface area contributed by atoms with Crippen molar-refractivity contribution in [3.63, 3.8) is 0 Å². The second kappa shape index (κ2) is 7.36. The van der Waals surface area contributed by atoms with Crippen LogP contribution >= 0.6 is 0 Å². The molecular formula is C14H26N2O3. The van der Waals surface area contributed by atoms with Crippen LogP contribution in [0.25, 0.3) is 0 Å². The van der Waals surface area contributed by atoms with E-state index < -0.39 is 11.9 Å². The number of carboxylic acid groups (broad SMARTS) is 1. The number of carbonyl (C=O) groups is 2. The maximum absolute atomic E-state index is 12.1. The van der Waals surface area contributed by atoms with E-state index in [1.54, 1.807) is 0 Å². The standard InChI is InChI=1S/C14H26N2O3/c1-4-6-12(13(17)18)9-15-14(19)16-8-5-7-10(2)11(16)3/h10-12H,4-9H2,1-3H3,(H,15,19)(H,17,18). The van der Waals surface area contributed by atoms with Crippen LogP contribution in [0, 0.1) is 11.8 Å². The van der Waals surface area contributed by atoms with Crippen LogP contribution in [0.4, 0.5) is 4.79 Å². The van der Waals surface area contributed by atoms with Crippen molar-refractivity contribution in [2.75, 3.05) is 13.1 Å². The summed E-state index contributed by atoms with van der Waals surface area (Å²) >= 11 is 0. The first kappa shape index (κ1) is 15.8. The Kier molecular flexibility index (Phi) is 6.12. The highest BCUT2D eigenvalue weighted by atomic mass is 16.4. The summed E-state index contributed by atoms with van der Waals surface area (Å²) < 4.78 is 0. The average Bonchev–Trinajstić information content (AvgIpc) is 2.37. The lowest BCUT2D eigenvalue weighted by Crippen LogP contribution is -2.51. The Balaban J connectivity index is 2.47. The SMILES string of the molecule is CCCC(CNC(=O)N1CCCC(C)C1C)C(=O)O. The molecule has 19 heavy (non-hydrogen) atoms. The van der Waals surface area contributed by atoms with Crippen molar-refractivity contribution in [2.24, 2.45) is 11.8 Å². The van der Waals surface area contributed by atoms with Gasteiger partial charge < -0.3 is 15.3 Å². The smallest absolute Gasteiger partial charge is 0.317 e. The van der Waals surface area contributed by atoms with Crippen LogP contribution in [0.5, 0.6) is 0 Å². The molecule has 1 fully saturated rings. The predicted molar refractivity (Wildman–Crippen MR) is 74.0 cm³/mol. The molecular weight excluding hydrogens is 244 g/mol. The number of urea groups is 1. The van der Waals surface area contributed by atoms with Crippen molar-refractivity contribution in [2.45, 2.75) is 52.5 Å². The molecule has 0 aliphatic carbocycles. The highest BCUT2D eigenvalue weighted by Gasteiger charge is 2.28. The van der Waals surface area contributed by atoms with Gasteiger partial charge in [-0.15, -0.1) is 0 Å². The Morgan fingerprint density at radius 2 is 2.11 bits per heavy atom. The van der Waals surface area contributed by atoms with Crippen LogP contribution in [-0.2, 0) is 4.79 Å². The molecule has 0 radical (unpaired) electrons. The number of nitrogens with one attached hydrogen (secondary N) is 1. The fourth-order valence-corrected chi connectivity index (χ4v) is 2.60. The van der Waals surface area contributed by atoms with E-state index in [4.69, 9.17) is 5.11 Å². The third-order valence-electron chi connectivity index (χ3n) is 4.12. The van der Waals surface area contributed by atoms with Crippen LogP contribution in [-0.4, -0.2) is 41.1 Å². The van der Waals surface area contributed by atoms with Gasteiger partial charge in [0.25, 0.3) is 0 Å². The average molecular weight is 270 g/mol. The second-order valence-corrected chi connectivity index (χ2v) is 5.56. The quantitative estimate of drug-likeness (QED) is 0.805. The van der Waals surface area contributed by atoms with Crippen LogP contribution in [0.3, 0.4) is 0 Å². The lowest BCUT2D eigenvalue weighted by Gasteiger charge is -2.38. The zero-order valence-electron chi connectivity index (χ0n) is 12.2. The summed E-state index contributed by atoms with van der Waals surface area (Å²) in [7, 11) is 0. The molecule has 2 amide bonds. The predicted octanol–water partition coefficient (Wildman–Crippen LogP) is 2.32. The molecule has 1 saturated heterocycles. The zero-order valence-corrected chi connectivity index (χ0v) is 12.2. The van der Waals surface area contributed by atoms with Gasteiger partial charge in [0, 0.05) is 19.1 Å². The number of likely N-dealkylation sites (tertiary alicyclic amines) is 1. The van der Waals surface area contributed by atoms with Crippen molar-refractivity contribution >= 4 is 12.0 Å². The summed E-state index contributed by atoms with van der Waals surface area (Å²) in [6, 6.07) is 0.101. The van der Waals surface area contributed by atoms with E-state index in [1.165, 1.54) is 0 Å². The lowest BCUT2D eigenvalue weighted by atomic mass is 9.92. The maximum atomic E-state index is 12.1. The van der Waals surface area contributed by atoms with E-state index in [9.17, 15) is 9.59 Å². The number of aliphatic carboxylic acids is 1. The van der Waals surface area contributed by atoms with Crippen LogP contribution < -0.4 is 5.32 Å². The van der Waals surface area contributed by atoms with E-state index >= 15 is 0 Å². The van der Waals surface area contributed by atoms with Crippen LogP contribution in [0.1, 0.15) is 46.5 Å². The molecule has 2 N–H and O–H groups in total. The molecule has 0 aromatic carbocycles. The molecule has 110 valence electrons. The fourth-order valence-electron chi connectivity index (χ4n) is 2.60. The van der Waals surface area contributed by atoms with Crippen LogP contribution in [0.15, 0.2) is 0 Å². The van der Waals surface area contributed by atoms with Crippen molar-refractivity contribution in [1.82, 2.24) is 10.2 Å². The van der Waals surface area contributed by atoms with Gasteiger partial charge in [-0.3, -0.25) is 4.79 Å². The minimum absolute atomic E-state index is 0.124. The molecule has 1 aliphatic heterocycles. The van der Waals surface area contributed by atoms with Gasteiger partial charge in [0.2, 0.25) is 0 Å². The maximum Gasteiger partial charge on any atom is 0.317 e. The molecule has 5 heteroatoms. The van der Waals surface area contributed by atoms with Crippen molar-refractivity contribution in [3.05, 3.63) is 0 Å². The zero-order chi connectivity index (χ0) is 14.4. The summed E-state index contributed by atoms with van der Waals surface area (Å²) in [5.74, 6) is -0.806. The number of hydrogen-bond acceptors (Lipinski definition) is 2. The van der Waals surface area contributed by atoms with Crippen molar-refractivity contribution < 1.29 is 14.7 Å². The third kappa shape index (κ3) is 4.40. The Morgan fingerprint density at radius 3 is 2.68 bits per heavy atom. The van der Waals surface area contributed by atoms with Crippen LogP contribution in [0.2, 0.25) is 0 Å². The molecule has 0 spiro atoms. The van der Waals surface area contributed by atoms with Gasteiger partial charge in [-0.25, -0.2) is 4.79 Å². The summed E-state index contributed by atoms with van der Waals surface area (Å²) in [5.41, 5.74) is 0. The molecule has 0 aromatic rings. The topological polar surface area (TPSA) is 69.6 Å². The number of nitrogens with zero attached hydrogens (tertiary/aromatic N) is 1. The van der Waals surface area contributed by atoms with E-state index in [0.717, 1.165) is 25.8 Å². The van der Waals surface area contributed by atoms with E-state index in [2.05, 4.69) is 19.2 Å². The largest absolute Gasteiger partial charge is 0.481 e. The van der Waals surface area contributed by atoms with Gasteiger partial charge in [0.1, 0.15) is 0 Å². The number of amides is 2. The van der Waals surface area contributed by atoms with E-state index in [-0.39, 0.29) is 18.6 Å². The monoisotopic (exact) mass is 270 g/mol. The van der Waals surface area contributed by atoms with Crippen molar-refractivity contribution in [3.8, 4) is 0 Å². The molecule has 0 bridgehead atoms. The molecule has 1 aliphatic rings. The number of rotatable bonds is 5. The Labute approximate surface area is 115 Å². The Morgan fingerprint density at radius 1 is 1.42 bits per heavy atom. The Bertz CT molecular complexity index is 320. The summed E-state index contributed by atoms with van der Waals surface area (Å²) in [5, 5.41) is 11.8. The van der Waals surface area contributed by atoms with Gasteiger partial charge in [0.15, 0.2) is 0 Å². The second-order valence-electron chi connectivity index (χ2n) is 5.56. The minimum atomic E-state index is -0.831. The Hall–Kier alpha value is -1.26. The third-order valence-corrected chi connectivity index (χ3v) is 4.12. The first-order chi connectivity index (χ1) is 8.97. The molecule has 0 saturated carbocycles. The molecule has 5 nitrogen and oxygen atoms in total. The number of hydrogen-bond donors (Lipinski definition) is 2. The number of piperidine rings is 1. The number of carboxylic acids is 1. The first-order valence-corrected chi connectivity index (χ1v) is 7.24.